The normalized spacial score (nSPS) is 11.9. The number of fused-ring (bicyclic) bond motifs is 1. The van der Waals surface area contributed by atoms with Crippen LogP contribution in [-0.2, 0) is 6.18 Å². The van der Waals surface area contributed by atoms with Crippen molar-refractivity contribution in [2.75, 3.05) is 0 Å². The lowest BCUT2D eigenvalue weighted by Crippen LogP contribution is -2.04. The quantitative estimate of drug-likeness (QED) is 0.525. The molecule has 0 atom stereocenters. The van der Waals surface area contributed by atoms with E-state index in [0.717, 1.165) is 24.3 Å². The highest BCUT2D eigenvalue weighted by Gasteiger charge is 2.31. The first-order valence-corrected chi connectivity index (χ1v) is 6.45. The van der Waals surface area contributed by atoms with E-state index in [0.29, 0.717) is 11.8 Å². The summed E-state index contributed by atoms with van der Waals surface area (Å²) in [6.45, 7) is 0. The minimum absolute atomic E-state index is 0.0443. The van der Waals surface area contributed by atoms with Crippen molar-refractivity contribution in [2.24, 2.45) is 0 Å². The average Bonchev–Trinajstić information content (AvgIpc) is 2.86. The third-order valence-electron chi connectivity index (χ3n) is 3.49. The van der Waals surface area contributed by atoms with Crippen LogP contribution in [0.15, 0.2) is 36.4 Å². The minimum atomic E-state index is -4.55. The molecule has 0 aliphatic heterocycles. The SMILES string of the molecule is O=Cc1c(-c2ccc(F)c(F)c2)[nH]c2ccc(C(F)(F)F)cc12. The molecule has 1 aromatic heterocycles. The van der Waals surface area contributed by atoms with E-state index in [-0.39, 0.29) is 22.2 Å². The van der Waals surface area contributed by atoms with E-state index in [1.807, 2.05) is 0 Å². The van der Waals surface area contributed by atoms with E-state index in [1.165, 1.54) is 12.1 Å². The molecule has 23 heavy (non-hydrogen) atoms. The largest absolute Gasteiger partial charge is 0.416 e. The summed E-state index contributed by atoms with van der Waals surface area (Å²) in [6, 6.07) is 5.90. The number of nitrogens with one attached hydrogen (secondary N) is 1. The predicted molar refractivity (Wildman–Crippen MR) is 74.0 cm³/mol. The molecule has 0 unspecified atom stereocenters. The van der Waals surface area contributed by atoms with E-state index in [1.54, 1.807) is 0 Å². The third kappa shape index (κ3) is 2.58. The molecule has 1 heterocycles. The van der Waals surface area contributed by atoms with Gasteiger partial charge in [0.15, 0.2) is 17.9 Å². The highest BCUT2D eigenvalue weighted by Crippen LogP contribution is 2.35. The zero-order valence-corrected chi connectivity index (χ0v) is 11.3. The number of hydrogen-bond donors (Lipinski definition) is 1. The summed E-state index contributed by atoms with van der Waals surface area (Å²) >= 11 is 0. The van der Waals surface area contributed by atoms with Gasteiger partial charge in [0, 0.05) is 22.0 Å². The molecule has 0 radical (unpaired) electrons. The maximum atomic E-state index is 13.4. The highest BCUT2D eigenvalue weighted by atomic mass is 19.4. The van der Waals surface area contributed by atoms with Gasteiger partial charge < -0.3 is 4.98 Å². The molecule has 2 nitrogen and oxygen atoms in total. The maximum Gasteiger partial charge on any atom is 0.416 e. The molecule has 0 bridgehead atoms. The summed E-state index contributed by atoms with van der Waals surface area (Å²) < 4.78 is 64.7. The Balaban J connectivity index is 2.25. The van der Waals surface area contributed by atoms with Crippen LogP contribution in [0.1, 0.15) is 15.9 Å². The average molecular weight is 325 g/mol. The van der Waals surface area contributed by atoms with Crippen LogP contribution >= 0.6 is 0 Å². The molecule has 0 spiro atoms. The van der Waals surface area contributed by atoms with Gasteiger partial charge in [0.2, 0.25) is 0 Å². The van der Waals surface area contributed by atoms with Crippen LogP contribution in [0.2, 0.25) is 0 Å². The number of H-pyrrole nitrogens is 1. The smallest absolute Gasteiger partial charge is 0.354 e. The number of carbonyl (C=O) groups excluding carboxylic acids is 1. The van der Waals surface area contributed by atoms with Crippen molar-refractivity contribution in [1.82, 2.24) is 4.98 Å². The topological polar surface area (TPSA) is 32.9 Å². The van der Waals surface area contributed by atoms with Crippen molar-refractivity contribution in [3.8, 4) is 11.3 Å². The number of aldehydes is 1. The van der Waals surface area contributed by atoms with Gasteiger partial charge in [-0.25, -0.2) is 8.78 Å². The van der Waals surface area contributed by atoms with Crippen molar-refractivity contribution in [3.05, 3.63) is 59.2 Å². The number of benzene rings is 2. The van der Waals surface area contributed by atoms with Gasteiger partial charge in [-0.2, -0.15) is 13.2 Å². The van der Waals surface area contributed by atoms with Crippen molar-refractivity contribution in [3.63, 3.8) is 0 Å². The van der Waals surface area contributed by atoms with Crippen LogP contribution in [0.3, 0.4) is 0 Å². The van der Waals surface area contributed by atoms with E-state index >= 15 is 0 Å². The highest BCUT2D eigenvalue weighted by molar-refractivity contribution is 6.04. The number of aromatic nitrogens is 1. The molecule has 7 heteroatoms. The Hall–Kier alpha value is -2.70. The molecule has 1 N–H and O–H groups in total. The second-order valence-electron chi connectivity index (χ2n) is 4.92. The van der Waals surface area contributed by atoms with Crippen molar-refractivity contribution >= 4 is 17.2 Å². The number of hydrogen-bond acceptors (Lipinski definition) is 1. The molecule has 0 saturated heterocycles. The van der Waals surface area contributed by atoms with Gasteiger partial charge in [0.05, 0.1) is 11.3 Å². The first kappa shape index (κ1) is 15.2. The zero-order valence-electron chi connectivity index (χ0n) is 11.3. The van der Waals surface area contributed by atoms with Gasteiger partial charge in [-0.1, -0.05) is 0 Å². The Bertz CT molecular complexity index is 911. The standard InChI is InChI=1S/C16H8F5NO/c17-12-3-1-8(5-13(12)18)15-11(7-23)10-6-9(16(19,20)21)2-4-14(10)22-15/h1-7,22H. The van der Waals surface area contributed by atoms with Crippen LogP contribution in [-0.4, -0.2) is 11.3 Å². The molecule has 118 valence electrons. The second kappa shape index (κ2) is 5.19. The molecule has 0 fully saturated rings. The van der Waals surface area contributed by atoms with E-state index in [4.69, 9.17) is 0 Å². The Labute approximate surface area is 126 Å². The van der Waals surface area contributed by atoms with Gasteiger partial charge in [-0.15, -0.1) is 0 Å². The first-order valence-electron chi connectivity index (χ1n) is 6.45. The fraction of sp³-hybridized carbons (Fsp3) is 0.0625. The maximum absolute atomic E-state index is 13.4. The Kier molecular flexibility index (Phi) is 3.43. The minimum Gasteiger partial charge on any atom is -0.354 e. The second-order valence-corrected chi connectivity index (χ2v) is 4.92. The van der Waals surface area contributed by atoms with Crippen molar-refractivity contribution < 1.29 is 26.7 Å². The van der Waals surface area contributed by atoms with Gasteiger partial charge in [0.25, 0.3) is 0 Å². The van der Waals surface area contributed by atoms with Gasteiger partial charge >= 0.3 is 6.18 Å². The van der Waals surface area contributed by atoms with Crippen LogP contribution in [0, 0.1) is 11.6 Å². The van der Waals surface area contributed by atoms with E-state index < -0.39 is 23.4 Å². The van der Waals surface area contributed by atoms with Crippen molar-refractivity contribution in [1.29, 1.82) is 0 Å². The first-order chi connectivity index (χ1) is 10.8. The van der Waals surface area contributed by atoms with E-state index in [2.05, 4.69) is 4.98 Å². The lowest BCUT2D eigenvalue weighted by Gasteiger charge is -2.06. The molecular formula is C16H8F5NO. The Morgan fingerprint density at radius 2 is 1.70 bits per heavy atom. The molecule has 0 amide bonds. The Morgan fingerprint density at radius 1 is 0.957 bits per heavy atom. The summed E-state index contributed by atoms with van der Waals surface area (Å²) in [6.07, 6.45) is -4.16. The van der Waals surface area contributed by atoms with Crippen LogP contribution < -0.4 is 0 Å². The number of halogens is 5. The van der Waals surface area contributed by atoms with Crippen LogP contribution in [0.25, 0.3) is 22.2 Å². The fourth-order valence-corrected chi connectivity index (χ4v) is 2.39. The van der Waals surface area contributed by atoms with Gasteiger partial charge in [0.1, 0.15) is 0 Å². The predicted octanol–water partition coefficient (Wildman–Crippen LogP) is 4.94. The molecule has 2 aromatic carbocycles. The summed E-state index contributed by atoms with van der Waals surface area (Å²) in [5.74, 6) is -2.18. The number of alkyl halides is 3. The molecular weight excluding hydrogens is 317 g/mol. The third-order valence-corrected chi connectivity index (χ3v) is 3.49. The molecule has 3 rings (SSSR count). The Morgan fingerprint density at radius 3 is 2.30 bits per heavy atom. The fourth-order valence-electron chi connectivity index (χ4n) is 2.39. The summed E-state index contributed by atoms with van der Waals surface area (Å²) in [5.41, 5.74) is -0.357. The summed E-state index contributed by atoms with van der Waals surface area (Å²) in [7, 11) is 0. The van der Waals surface area contributed by atoms with Gasteiger partial charge in [-0.05, 0) is 36.4 Å². The molecule has 0 aliphatic carbocycles. The summed E-state index contributed by atoms with van der Waals surface area (Å²) in [4.78, 5) is 14.1. The number of carbonyl (C=O) groups is 1. The molecule has 0 aliphatic rings. The molecule has 3 aromatic rings. The van der Waals surface area contributed by atoms with Gasteiger partial charge in [-0.3, -0.25) is 4.79 Å². The number of rotatable bonds is 2. The summed E-state index contributed by atoms with van der Waals surface area (Å²) in [5, 5.41) is 0.0644. The van der Waals surface area contributed by atoms with Crippen molar-refractivity contribution in [2.45, 2.75) is 6.18 Å². The molecule has 0 saturated carbocycles. The van der Waals surface area contributed by atoms with E-state index in [9.17, 15) is 26.7 Å². The number of aromatic amines is 1. The van der Waals surface area contributed by atoms with Crippen LogP contribution in [0.4, 0.5) is 22.0 Å². The lowest BCUT2D eigenvalue weighted by atomic mass is 10.0. The monoisotopic (exact) mass is 325 g/mol. The zero-order chi connectivity index (χ0) is 16.8. The van der Waals surface area contributed by atoms with Crippen LogP contribution in [0.5, 0.6) is 0 Å². The lowest BCUT2D eigenvalue weighted by molar-refractivity contribution is -0.137.